The van der Waals surface area contributed by atoms with Crippen LogP contribution in [0.5, 0.6) is 0 Å². The first-order valence-electron chi connectivity index (χ1n) is 7.52. The van der Waals surface area contributed by atoms with E-state index in [-0.39, 0.29) is 11.8 Å². The highest BCUT2D eigenvalue weighted by Crippen LogP contribution is 2.27. The van der Waals surface area contributed by atoms with Crippen LogP contribution >= 0.6 is 11.3 Å². The molecule has 0 unspecified atom stereocenters. The molecule has 24 heavy (non-hydrogen) atoms. The molecule has 0 radical (unpaired) electrons. The number of hydrogen-bond donors (Lipinski definition) is 1. The lowest BCUT2D eigenvalue weighted by Gasteiger charge is -2.18. The number of anilines is 2. The fourth-order valence-electron chi connectivity index (χ4n) is 2.22. The quantitative estimate of drug-likeness (QED) is 0.725. The van der Waals surface area contributed by atoms with Crippen molar-refractivity contribution in [1.29, 1.82) is 0 Å². The number of carbonyl (C=O) groups excluding carboxylic acids is 1. The third kappa shape index (κ3) is 3.60. The van der Waals surface area contributed by atoms with Crippen molar-refractivity contribution >= 4 is 28.2 Å². The van der Waals surface area contributed by atoms with E-state index in [4.69, 9.17) is 0 Å². The minimum Gasteiger partial charge on any atom is -0.307 e. The Bertz CT molecular complexity index is 818. The molecule has 0 spiro atoms. The van der Waals surface area contributed by atoms with Gasteiger partial charge in [-0.25, -0.2) is 14.2 Å². The van der Waals surface area contributed by atoms with Gasteiger partial charge in [0.15, 0.2) is 5.13 Å². The Hall–Kier alpha value is -2.73. The lowest BCUT2D eigenvalue weighted by molar-refractivity contribution is 0.257. The standard InChI is InChI=1S/C18H16FN3OS/c1-2-22(17(23)20-15-10-8-14(19)9-11-15)18-21-16(12-24-18)13-6-4-3-5-7-13/h3-12H,2H2,1H3,(H,20,23). The van der Waals surface area contributed by atoms with Gasteiger partial charge < -0.3 is 5.32 Å². The number of rotatable bonds is 4. The topological polar surface area (TPSA) is 45.2 Å². The predicted molar refractivity (Wildman–Crippen MR) is 96.0 cm³/mol. The van der Waals surface area contributed by atoms with E-state index in [9.17, 15) is 9.18 Å². The van der Waals surface area contributed by atoms with Crippen molar-refractivity contribution in [3.05, 3.63) is 65.8 Å². The zero-order chi connectivity index (χ0) is 16.9. The summed E-state index contributed by atoms with van der Waals surface area (Å²) >= 11 is 1.41. The van der Waals surface area contributed by atoms with Crippen LogP contribution < -0.4 is 10.2 Å². The summed E-state index contributed by atoms with van der Waals surface area (Å²) < 4.78 is 12.9. The molecule has 0 fully saturated rings. The van der Waals surface area contributed by atoms with Gasteiger partial charge in [0.05, 0.1) is 5.69 Å². The zero-order valence-corrected chi connectivity index (χ0v) is 13.9. The summed E-state index contributed by atoms with van der Waals surface area (Å²) in [5.74, 6) is -0.340. The normalized spacial score (nSPS) is 10.4. The molecule has 122 valence electrons. The van der Waals surface area contributed by atoms with E-state index in [0.717, 1.165) is 11.3 Å². The average molecular weight is 341 g/mol. The summed E-state index contributed by atoms with van der Waals surface area (Å²) in [4.78, 5) is 18.6. The first kappa shape index (κ1) is 16.1. The molecular weight excluding hydrogens is 325 g/mol. The van der Waals surface area contributed by atoms with Crippen molar-refractivity contribution in [3.63, 3.8) is 0 Å². The monoisotopic (exact) mass is 341 g/mol. The number of carbonyl (C=O) groups is 1. The Balaban J connectivity index is 1.77. The summed E-state index contributed by atoms with van der Waals surface area (Å²) in [6, 6.07) is 15.2. The molecule has 3 rings (SSSR count). The Kier molecular flexibility index (Phi) is 4.86. The number of aromatic nitrogens is 1. The molecule has 4 nitrogen and oxygen atoms in total. The third-order valence-corrected chi connectivity index (χ3v) is 4.31. The molecule has 0 aliphatic rings. The van der Waals surface area contributed by atoms with Crippen molar-refractivity contribution in [3.8, 4) is 11.3 Å². The number of thiazole rings is 1. The second kappa shape index (κ2) is 7.23. The van der Waals surface area contributed by atoms with Gasteiger partial charge in [-0.3, -0.25) is 4.90 Å². The molecule has 0 bridgehead atoms. The van der Waals surface area contributed by atoms with Crippen LogP contribution in [0.4, 0.5) is 20.0 Å². The fraction of sp³-hybridized carbons (Fsp3) is 0.111. The van der Waals surface area contributed by atoms with Crippen LogP contribution in [0.2, 0.25) is 0 Å². The highest BCUT2D eigenvalue weighted by molar-refractivity contribution is 7.14. The summed E-state index contributed by atoms with van der Waals surface area (Å²) in [5.41, 5.74) is 2.39. The highest BCUT2D eigenvalue weighted by atomic mass is 32.1. The van der Waals surface area contributed by atoms with Crippen LogP contribution in [0.1, 0.15) is 6.92 Å². The van der Waals surface area contributed by atoms with E-state index in [0.29, 0.717) is 17.4 Å². The van der Waals surface area contributed by atoms with Gasteiger partial charge in [-0.05, 0) is 31.2 Å². The molecule has 1 N–H and O–H groups in total. The molecule has 2 aromatic carbocycles. The Morgan fingerprint density at radius 3 is 2.54 bits per heavy atom. The molecular formula is C18H16FN3OS. The highest BCUT2D eigenvalue weighted by Gasteiger charge is 2.18. The number of amides is 2. The predicted octanol–water partition coefficient (Wildman–Crippen LogP) is 5.01. The molecule has 0 aliphatic carbocycles. The molecule has 0 atom stereocenters. The van der Waals surface area contributed by atoms with Gasteiger partial charge >= 0.3 is 6.03 Å². The van der Waals surface area contributed by atoms with Crippen LogP contribution in [-0.2, 0) is 0 Å². The maximum absolute atomic E-state index is 12.9. The maximum Gasteiger partial charge on any atom is 0.328 e. The van der Waals surface area contributed by atoms with E-state index < -0.39 is 0 Å². The van der Waals surface area contributed by atoms with E-state index in [1.807, 2.05) is 42.6 Å². The fourth-order valence-corrected chi connectivity index (χ4v) is 3.12. The van der Waals surface area contributed by atoms with E-state index in [2.05, 4.69) is 10.3 Å². The summed E-state index contributed by atoms with van der Waals surface area (Å²) in [5, 5.41) is 5.30. The van der Waals surface area contributed by atoms with Gasteiger partial charge in [0.1, 0.15) is 5.82 Å². The lowest BCUT2D eigenvalue weighted by Crippen LogP contribution is -2.34. The molecule has 0 saturated carbocycles. The van der Waals surface area contributed by atoms with Crippen molar-refractivity contribution in [2.45, 2.75) is 6.92 Å². The molecule has 1 aromatic heterocycles. The van der Waals surface area contributed by atoms with Gasteiger partial charge in [0, 0.05) is 23.2 Å². The molecule has 0 saturated heterocycles. The smallest absolute Gasteiger partial charge is 0.307 e. The van der Waals surface area contributed by atoms with Crippen molar-refractivity contribution in [1.82, 2.24) is 4.98 Å². The largest absolute Gasteiger partial charge is 0.328 e. The van der Waals surface area contributed by atoms with Crippen molar-refractivity contribution in [2.75, 3.05) is 16.8 Å². The van der Waals surface area contributed by atoms with Crippen LogP contribution in [0.3, 0.4) is 0 Å². The number of nitrogens with one attached hydrogen (secondary N) is 1. The molecule has 6 heteroatoms. The lowest BCUT2D eigenvalue weighted by atomic mass is 10.2. The molecule has 1 heterocycles. The van der Waals surface area contributed by atoms with Gasteiger partial charge in [-0.15, -0.1) is 11.3 Å². The average Bonchev–Trinajstić information content (AvgIpc) is 3.08. The minimum absolute atomic E-state index is 0.293. The molecule has 2 amide bonds. The van der Waals surface area contributed by atoms with Crippen molar-refractivity contribution in [2.24, 2.45) is 0 Å². The van der Waals surface area contributed by atoms with Crippen LogP contribution in [0.25, 0.3) is 11.3 Å². The molecule has 0 aliphatic heterocycles. The second-order valence-corrected chi connectivity index (χ2v) is 5.90. The molecule has 3 aromatic rings. The van der Waals surface area contributed by atoms with Gasteiger partial charge in [-0.1, -0.05) is 30.3 Å². The van der Waals surface area contributed by atoms with E-state index in [1.165, 1.54) is 35.6 Å². The third-order valence-electron chi connectivity index (χ3n) is 3.45. The van der Waals surface area contributed by atoms with Crippen LogP contribution in [-0.4, -0.2) is 17.6 Å². The number of hydrogen-bond acceptors (Lipinski definition) is 3. The minimum atomic E-state index is -0.340. The SMILES string of the molecule is CCN(C(=O)Nc1ccc(F)cc1)c1nc(-c2ccccc2)cs1. The Labute approximate surface area is 143 Å². The van der Waals surface area contributed by atoms with E-state index in [1.54, 1.807) is 4.90 Å². The van der Waals surface area contributed by atoms with Crippen LogP contribution in [0.15, 0.2) is 60.0 Å². The Morgan fingerprint density at radius 2 is 1.88 bits per heavy atom. The van der Waals surface area contributed by atoms with Crippen molar-refractivity contribution < 1.29 is 9.18 Å². The van der Waals surface area contributed by atoms with E-state index >= 15 is 0 Å². The first-order valence-corrected chi connectivity index (χ1v) is 8.40. The van der Waals surface area contributed by atoms with Crippen LogP contribution in [0, 0.1) is 5.82 Å². The number of nitrogens with zero attached hydrogens (tertiary/aromatic N) is 2. The van der Waals surface area contributed by atoms with Gasteiger partial charge in [0.25, 0.3) is 0 Å². The number of halogens is 1. The maximum atomic E-state index is 12.9. The van der Waals surface area contributed by atoms with Gasteiger partial charge in [-0.2, -0.15) is 0 Å². The second-order valence-electron chi connectivity index (χ2n) is 5.06. The summed E-state index contributed by atoms with van der Waals surface area (Å²) in [7, 11) is 0. The van der Waals surface area contributed by atoms with Gasteiger partial charge in [0.2, 0.25) is 0 Å². The number of urea groups is 1. The zero-order valence-electron chi connectivity index (χ0n) is 13.1. The first-order chi connectivity index (χ1) is 11.7. The summed E-state index contributed by atoms with van der Waals surface area (Å²) in [6.07, 6.45) is 0. The number of benzene rings is 2. The summed E-state index contributed by atoms with van der Waals surface area (Å²) in [6.45, 7) is 2.36. The Morgan fingerprint density at radius 1 is 1.17 bits per heavy atom.